The third-order valence-electron chi connectivity index (χ3n) is 5.63. The standard InChI is InChI=1S/C20H27N3O2/c1-2-3-15-4-6-16(7-5-15)20-17-12-23(13-18(20)21-17)19(24)14-22-8-10-25-11-9-22/h2-7,17-18,20-21H,8-14H2,1H3/t17-,18+,20?. The first-order valence-electron chi connectivity index (χ1n) is 9.31. The van der Waals surface area contributed by atoms with E-state index in [-0.39, 0.29) is 5.91 Å². The van der Waals surface area contributed by atoms with Crippen molar-refractivity contribution in [2.24, 2.45) is 0 Å². The summed E-state index contributed by atoms with van der Waals surface area (Å²) in [5.41, 5.74) is 2.63. The van der Waals surface area contributed by atoms with Crippen molar-refractivity contribution in [1.82, 2.24) is 15.1 Å². The minimum atomic E-state index is 0.264. The average Bonchev–Trinajstić information content (AvgIpc) is 2.64. The van der Waals surface area contributed by atoms with E-state index in [1.807, 2.05) is 11.8 Å². The van der Waals surface area contributed by atoms with Crippen LogP contribution in [-0.2, 0) is 9.53 Å². The third-order valence-corrected chi connectivity index (χ3v) is 5.63. The Kier molecular flexibility index (Phi) is 4.88. The second kappa shape index (κ2) is 7.28. The summed E-state index contributed by atoms with van der Waals surface area (Å²) in [4.78, 5) is 16.9. The quantitative estimate of drug-likeness (QED) is 0.897. The number of piperidine rings is 1. The molecule has 0 radical (unpaired) electrons. The zero-order valence-electron chi connectivity index (χ0n) is 14.9. The SMILES string of the molecule is CC=Cc1ccc(C2[C@@H]3CN(C(=O)CN4CCOCC4)C[C@H]2N3)cc1. The van der Waals surface area contributed by atoms with Gasteiger partial charge in [-0.2, -0.15) is 0 Å². The summed E-state index contributed by atoms with van der Waals surface area (Å²) >= 11 is 0. The maximum atomic E-state index is 12.6. The summed E-state index contributed by atoms with van der Waals surface area (Å²) < 4.78 is 5.36. The van der Waals surface area contributed by atoms with Crippen LogP contribution in [0.4, 0.5) is 0 Å². The molecule has 5 nitrogen and oxygen atoms in total. The normalized spacial score (nSPS) is 29.6. The fourth-order valence-electron chi connectivity index (χ4n) is 4.27. The summed E-state index contributed by atoms with van der Waals surface area (Å²) in [5, 5.41) is 3.61. The van der Waals surface area contributed by atoms with Gasteiger partial charge in [-0.3, -0.25) is 9.69 Å². The van der Waals surface area contributed by atoms with E-state index < -0.39 is 0 Å². The molecule has 5 heteroatoms. The molecule has 4 fully saturated rings. The van der Waals surface area contributed by atoms with Crippen LogP contribution in [0.2, 0.25) is 0 Å². The number of ether oxygens (including phenoxy) is 1. The Bertz CT molecular complexity index is 625. The van der Waals surface area contributed by atoms with E-state index in [0.29, 0.717) is 24.5 Å². The first kappa shape index (κ1) is 16.8. The van der Waals surface area contributed by atoms with Crippen molar-refractivity contribution >= 4 is 12.0 Å². The Morgan fingerprint density at radius 2 is 1.88 bits per heavy atom. The molecular weight excluding hydrogens is 314 g/mol. The molecule has 4 aliphatic rings. The van der Waals surface area contributed by atoms with Crippen LogP contribution < -0.4 is 5.32 Å². The van der Waals surface area contributed by atoms with Gasteiger partial charge in [-0.25, -0.2) is 0 Å². The molecule has 25 heavy (non-hydrogen) atoms. The number of hydrogen-bond donors (Lipinski definition) is 1. The van der Waals surface area contributed by atoms with Crippen LogP contribution in [0, 0.1) is 0 Å². The predicted molar refractivity (Wildman–Crippen MR) is 98.4 cm³/mol. The molecule has 1 amide bonds. The maximum Gasteiger partial charge on any atom is 0.236 e. The second-order valence-corrected chi connectivity index (χ2v) is 7.26. The van der Waals surface area contributed by atoms with Gasteiger partial charge >= 0.3 is 0 Å². The molecule has 1 aromatic carbocycles. The van der Waals surface area contributed by atoms with Gasteiger partial charge in [-0.15, -0.1) is 0 Å². The minimum Gasteiger partial charge on any atom is -0.379 e. The number of benzene rings is 1. The van der Waals surface area contributed by atoms with Crippen LogP contribution in [0.25, 0.3) is 6.08 Å². The first-order chi connectivity index (χ1) is 12.2. The summed E-state index contributed by atoms with van der Waals surface area (Å²) in [6, 6.07) is 9.63. The largest absolute Gasteiger partial charge is 0.379 e. The highest BCUT2D eigenvalue weighted by Crippen LogP contribution is 2.37. The lowest BCUT2D eigenvalue weighted by Crippen LogP contribution is -2.72. The van der Waals surface area contributed by atoms with Crippen molar-refractivity contribution in [1.29, 1.82) is 0 Å². The molecule has 0 aromatic heterocycles. The van der Waals surface area contributed by atoms with Crippen LogP contribution in [0.3, 0.4) is 0 Å². The highest BCUT2D eigenvalue weighted by Gasteiger charge is 2.48. The van der Waals surface area contributed by atoms with Crippen LogP contribution >= 0.6 is 0 Å². The molecule has 1 unspecified atom stereocenters. The molecule has 1 aromatic rings. The summed E-state index contributed by atoms with van der Waals surface area (Å²) in [7, 11) is 0. The molecule has 0 spiro atoms. The average molecular weight is 341 g/mol. The Balaban J connectivity index is 1.34. The fourth-order valence-corrected chi connectivity index (χ4v) is 4.27. The van der Waals surface area contributed by atoms with Crippen molar-refractivity contribution in [2.45, 2.75) is 24.9 Å². The first-order valence-corrected chi connectivity index (χ1v) is 9.31. The van der Waals surface area contributed by atoms with E-state index in [2.05, 4.69) is 46.6 Å². The lowest BCUT2D eigenvalue weighted by atomic mass is 9.74. The Morgan fingerprint density at radius 3 is 2.52 bits per heavy atom. The Morgan fingerprint density at radius 1 is 1.20 bits per heavy atom. The van der Waals surface area contributed by atoms with Crippen LogP contribution in [0.15, 0.2) is 30.3 Å². The molecule has 2 bridgehead atoms. The summed E-state index contributed by atoms with van der Waals surface area (Å²) in [5.74, 6) is 0.798. The number of morpholine rings is 1. The van der Waals surface area contributed by atoms with Crippen molar-refractivity contribution in [2.75, 3.05) is 45.9 Å². The lowest BCUT2D eigenvalue weighted by Gasteiger charge is -2.55. The number of carbonyl (C=O) groups excluding carboxylic acids is 1. The van der Waals surface area contributed by atoms with Gasteiger partial charge in [-0.1, -0.05) is 36.4 Å². The fraction of sp³-hybridized carbons (Fsp3) is 0.550. The van der Waals surface area contributed by atoms with Crippen molar-refractivity contribution in [3.05, 3.63) is 41.5 Å². The van der Waals surface area contributed by atoms with E-state index in [1.165, 1.54) is 11.1 Å². The van der Waals surface area contributed by atoms with Crippen molar-refractivity contribution in [3.63, 3.8) is 0 Å². The molecule has 0 aliphatic carbocycles. The molecule has 4 heterocycles. The number of nitrogens with zero attached hydrogens (tertiary/aromatic N) is 2. The van der Waals surface area contributed by atoms with Gasteiger partial charge in [0.1, 0.15) is 0 Å². The molecular formula is C20H27N3O2. The van der Waals surface area contributed by atoms with Gasteiger partial charge in [0.25, 0.3) is 0 Å². The number of carbonyl (C=O) groups is 1. The van der Waals surface area contributed by atoms with Gasteiger partial charge in [0, 0.05) is 44.2 Å². The number of amides is 1. The maximum absolute atomic E-state index is 12.6. The second-order valence-electron chi connectivity index (χ2n) is 7.26. The molecule has 3 atom stereocenters. The highest BCUT2D eigenvalue weighted by molar-refractivity contribution is 5.78. The molecule has 1 N–H and O–H groups in total. The van der Waals surface area contributed by atoms with E-state index in [9.17, 15) is 4.79 Å². The third kappa shape index (κ3) is 3.50. The number of hydrogen-bond acceptors (Lipinski definition) is 4. The molecule has 134 valence electrons. The van der Waals surface area contributed by atoms with Gasteiger partial charge in [-0.05, 0) is 18.1 Å². The monoisotopic (exact) mass is 341 g/mol. The zero-order valence-corrected chi connectivity index (χ0v) is 14.9. The molecule has 0 saturated carbocycles. The number of nitrogens with one attached hydrogen (secondary N) is 1. The Hall–Kier alpha value is -1.69. The summed E-state index contributed by atoms with van der Waals surface area (Å²) in [6.45, 7) is 7.43. The molecule has 5 rings (SSSR count). The van der Waals surface area contributed by atoms with Gasteiger partial charge in [0.15, 0.2) is 0 Å². The van der Waals surface area contributed by atoms with Crippen LogP contribution in [0.5, 0.6) is 0 Å². The van der Waals surface area contributed by atoms with E-state index in [1.54, 1.807) is 0 Å². The van der Waals surface area contributed by atoms with Crippen molar-refractivity contribution in [3.8, 4) is 0 Å². The van der Waals surface area contributed by atoms with Gasteiger partial charge in [0.05, 0.1) is 19.8 Å². The smallest absolute Gasteiger partial charge is 0.236 e. The number of allylic oxidation sites excluding steroid dienone is 1. The minimum absolute atomic E-state index is 0.264. The highest BCUT2D eigenvalue weighted by atomic mass is 16.5. The van der Waals surface area contributed by atoms with Gasteiger partial charge in [0.2, 0.25) is 5.91 Å². The summed E-state index contributed by atoms with van der Waals surface area (Å²) in [6.07, 6.45) is 4.18. The van der Waals surface area contributed by atoms with E-state index in [4.69, 9.17) is 4.74 Å². The van der Waals surface area contributed by atoms with E-state index >= 15 is 0 Å². The zero-order chi connectivity index (χ0) is 17.2. The topological polar surface area (TPSA) is 44.8 Å². The molecule has 4 aliphatic heterocycles. The molecule has 4 saturated heterocycles. The number of rotatable bonds is 4. The van der Waals surface area contributed by atoms with Crippen LogP contribution in [-0.4, -0.2) is 73.7 Å². The number of piperazine rings is 1. The van der Waals surface area contributed by atoms with E-state index in [0.717, 1.165) is 39.4 Å². The number of fused-ring (bicyclic) bond motifs is 2. The van der Waals surface area contributed by atoms with Gasteiger partial charge < -0.3 is 15.0 Å². The van der Waals surface area contributed by atoms with Crippen LogP contribution in [0.1, 0.15) is 24.0 Å². The Labute approximate surface area is 149 Å². The predicted octanol–water partition coefficient (Wildman–Crippen LogP) is 1.32. The van der Waals surface area contributed by atoms with Crippen molar-refractivity contribution < 1.29 is 9.53 Å². The lowest BCUT2D eigenvalue weighted by molar-refractivity contribution is -0.138.